The number of aryl methyl sites for hydroxylation is 2. The molecule has 0 saturated heterocycles. The van der Waals surface area contributed by atoms with Gasteiger partial charge in [0.05, 0.1) is 13.0 Å². The van der Waals surface area contributed by atoms with Crippen LogP contribution >= 0.6 is 0 Å². The average Bonchev–Trinajstić information content (AvgIpc) is 2.67. The number of carbonyl (C=O) groups excluding carboxylic acids is 1. The lowest BCUT2D eigenvalue weighted by atomic mass is 9.90. The summed E-state index contributed by atoms with van der Waals surface area (Å²) in [7, 11) is 1.84. The van der Waals surface area contributed by atoms with E-state index in [1.165, 1.54) is 30.4 Å². The van der Waals surface area contributed by atoms with Gasteiger partial charge in [0.1, 0.15) is 6.61 Å². The largest absolute Gasteiger partial charge is 0.486 e. The zero-order valence-electron chi connectivity index (χ0n) is 15.2. The van der Waals surface area contributed by atoms with E-state index in [9.17, 15) is 4.79 Å². The Kier molecular flexibility index (Phi) is 4.83. The van der Waals surface area contributed by atoms with Crippen molar-refractivity contribution in [3.05, 3.63) is 59.2 Å². The normalized spacial score (nSPS) is 18.1. The van der Waals surface area contributed by atoms with Crippen LogP contribution in [0.2, 0.25) is 0 Å². The summed E-state index contributed by atoms with van der Waals surface area (Å²) in [4.78, 5) is 14.4. The highest BCUT2D eigenvalue weighted by Crippen LogP contribution is 2.31. The first-order valence-electron chi connectivity index (χ1n) is 9.42. The topological polar surface area (TPSA) is 38.8 Å². The van der Waals surface area contributed by atoms with Crippen LogP contribution in [-0.4, -0.2) is 37.1 Å². The van der Waals surface area contributed by atoms with Gasteiger partial charge in [-0.2, -0.15) is 0 Å². The SMILES string of the molecule is CN(C[C@@H]1COc2ccccc2O1)C(=O)Cc1ccc2c(c1)CCCC2. The van der Waals surface area contributed by atoms with Crippen LogP contribution in [0, 0.1) is 0 Å². The van der Waals surface area contributed by atoms with Gasteiger partial charge in [0.15, 0.2) is 17.6 Å². The van der Waals surface area contributed by atoms with Crippen molar-refractivity contribution in [2.45, 2.75) is 38.2 Å². The fourth-order valence-electron chi connectivity index (χ4n) is 3.77. The highest BCUT2D eigenvalue weighted by Gasteiger charge is 2.24. The van der Waals surface area contributed by atoms with Gasteiger partial charge in [0, 0.05) is 7.05 Å². The number of hydrogen-bond acceptors (Lipinski definition) is 3. The van der Waals surface area contributed by atoms with Crippen LogP contribution < -0.4 is 9.47 Å². The van der Waals surface area contributed by atoms with Crippen LogP contribution in [0.3, 0.4) is 0 Å². The van der Waals surface area contributed by atoms with E-state index in [-0.39, 0.29) is 12.0 Å². The molecule has 26 heavy (non-hydrogen) atoms. The van der Waals surface area contributed by atoms with Crippen LogP contribution in [0.25, 0.3) is 0 Å². The number of ether oxygens (including phenoxy) is 2. The fourth-order valence-corrected chi connectivity index (χ4v) is 3.77. The number of fused-ring (bicyclic) bond motifs is 2. The zero-order valence-corrected chi connectivity index (χ0v) is 15.2. The van der Waals surface area contributed by atoms with E-state index in [2.05, 4.69) is 18.2 Å². The molecule has 0 aromatic heterocycles. The van der Waals surface area contributed by atoms with Gasteiger partial charge in [-0.25, -0.2) is 0 Å². The van der Waals surface area contributed by atoms with Gasteiger partial charge in [0.2, 0.25) is 5.91 Å². The van der Waals surface area contributed by atoms with Crippen molar-refractivity contribution in [3.8, 4) is 11.5 Å². The van der Waals surface area contributed by atoms with Crippen LogP contribution in [0.5, 0.6) is 11.5 Å². The molecule has 0 spiro atoms. The molecule has 4 heteroatoms. The monoisotopic (exact) mass is 351 g/mol. The van der Waals surface area contributed by atoms with Crippen molar-refractivity contribution < 1.29 is 14.3 Å². The van der Waals surface area contributed by atoms with Gasteiger partial charge < -0.3 is 14.4 Å². The number of benzene rings is 2. The molecular formula is C22H25NO3. The van der Waals surface area contributed by atoms with Crippen molar-refractivity contribution in [2.75, 3.05) is 20.2 Å². The van der Waals surface area contributed by atoms with Gasteiger partial charge in [0.25, 0.3) is 0 Å². The molecule has 1 atom stereocenters. The predicted molar refractivity (Wildman–Crippen MR) is 101 cm³/mol. The average molecular weight is 351 g/mol. The Morgan fingerprint density at radius 1 is 1.08 bits per heavy atom. The van der Waals surface area contributed by atoms with Gasteiger partial charge in [-0.15, -0.1) is 0 Å². The minimum absolute atomic E-state index is 0.114. The first-order chi connectivity index (χ1) is 12.7. The number of likely N-dealkylation sites (N-methyl/N-ethyl adjacent to an activating group) is 1. The first-order valence-corrected chi connectivity index (χ1v) is 9.42. The highest BCUT2D eigenvalue weighted by molar-refractivity contribution is 5.78. The predicted octanol–water partition coefficient (Wildman–Crippen LogP) is 3.41. The van der Waals surface area contributed by atoms with Crippen molar-refractivity contribution in [1.82, 2.24) is 4.90 Å². The smallest absolute Gasteiger partial charge is 0.226 e. The third-order valence-electron chi connectivity index (χ3n) is 5.24. The fraction of sp³-hybridized carbons (Fsp3) is 0.409. The van der Waals surface area contributed by atoms with Crippen molar-refractivity contribution in [3.63, 3.8) is 0 Å². The van der Waals surface area contributed by atoms with E-state index in [0.717, 1.165) is 23.5 Å². The molecule has 1 heterocycles. The quantitative estimate of drug-likeness (QED) is 0.847. The molecule has 2 aromatic carbocycles. The number of rotatable bonds is 4. The van der Waals surface area contributed by atoms with Crippen molar-refractivity contribution in [2.24, 2.45) is 0 Å². The van der Waals surface area contributed by atoms with Crippen LogP contribution in [0.15, 0.2) is 42.5 Å². The number of nitrogens with zero attached hydrogens (tertiary/aromatic N) is 1. The summed E-state index contributed by atoms with van der Waals surface area (Å²) in [6.07, 6.45) is 5.14. The number of carbonyl (C=O) groups is 1. The van der Waals surface area contributed by atoms with E-state index in [1.54, 1.807) is 4.90 Å². The Bertz CT molecular complexity index is 802. The molecule has 2 aromatic rings. The minimum atomic E-state index is -0.137. The Hall–Kier alpha value is -2.49. The molecule has 4 nitrogen and oxygen atoms in total. The van der Waals surface area contributed by atoms with E-state index >= 15 is 0 Å². The molecule has 4 rings (SSSR count). The molecule has 136 valence electrons. The Balaban J connectivity index is 1.35. The lowest BCUT2D eigenvalue weighted by molar-refractivity contribution is -0.130. The number of para-hydroxylation sites is 2. The molecule has 1 aliphatic heterocycles. The van der Waals surface area contributed by atoms with Gasteiger partial charge in [-0.3, -0.25) is 4.79 Å². The Morgan fingerprint density at radius 2 is 1.85 bits per heavy atom. The minimum Gasteiger partial charge on any atom is -0.486 e. The van der Waals surface area contributed by atoms with E-state index < -0.39 is 0 Å². The second-order valence-corrected chi connectivity index (χ2v) is 7.26. The molecular weight excluding hydrogens is 326 g/mol. The van der Waals surface area contributed by atoms with E-state index in [4.69, 9.17) is 9.47 Å². The molecule has 1 amide bonds. The third kappa shape index (κ3) is 3.69. The van der Waals surface area contributed by atoms with E-state index in [1.807, 2.05) is 31.3 Å². The summed E-state index contributed by atoms with van der Waals surface area (Å²) < 4.78 is 11.7. The number of amides is 1. The molecule has 1 aliphatic carbocycles. The standard InChI is InChI=1S/C22H25NO3/c1-23(14-19-15-25-20-8-4-5-9-21(20)26-19)22(24)13-16-10-11-17-6-2-3-7-18(17)12-16/h4-5,8-12,19H,2-3,6-7,13-15H2,1H3/t19-/m1/s1. The molecule has 0 fully saturated rings. The lowest BCUT2D eigenvalue weighted by Crippen LogP contribution is -2.42. The molecule has 0 unspecified atom stereocenters. The molecule has 0 bridgehead atoms. The summed E-state index contributed by atoms with van der Waals surface area (Å²) in [5.41, 5.74) is 3.98. The third-order valence-corrected chi connectivity index (χ3v) is 5.24. The van der Waals surface area contributed by atoms with Crippen LogP contribution in [-0.2, 0) is 24.1 Å². The summed E-state index contributed by atoms with van der Waals surface area (Å²) >= 11 is 0. The molecule has 0 saturated carbocycles. The maximum absolute atomic E-state index is 12.6. The van der Waals surface area contributed by atoms with Crippen LogP contribution in [0.4, 0.5) is 0 Å². The summed E-state index contributed by atoms with van der Waals surface area (Å²) in [6, 6.07) is 14.2. The van der Waals surface area contributed by atoms with Gasteiger partial charge in [-0.1, -0.05) is 30.3 Å². The zero-order chi connectivity index (χ0) is 17.9. The van der Waals surface area contributed by atoms with Crippen LogP contribution in [0.1, 0.15) is 29.5 Å². The second-order valence-electron chi connectivity index (χ2n) is 7.26. The maximum Gasteiger partial charge on any atom is 0.226 e. The summed E-state index contributed by atoms with van der Waals surface area (Å²) in [5, 5.41) is 0. The number of hydrogen-bond donors (Lipinski definition) is 0. The summed E-state index contributed by atoms with van der Waals surface area (Å²) in [5.74, 6) is 1.63. The Morgan fingerprint density at radius 3 is 2.69 bits per heavy atom. The lowest BCUT2D eigenvalue weighted by Gasteiger charge is -2.29. The maximum atomic E-state index is 12.6. The van der Waals surface area contributed by atoms with Gasteiger partial charge >= 0.3 is 0 Å². The van der Waals surface area contributed by atoms with E-state index in [0.29, 0.717) is 19.6 Å². The van der Waals surface area contributed by atoms with Gasteiger partial charge in [-0.05, 0) is 54.5 Å². The van der Waals surface area contributed by atoms with Crippen molar-refractivity contribution >= 4 is 5.91 Å². The molecule has 0 N–H and O–H groups in total. The highest BCUT2D eigenvalue weighted by atomic mass is 16.6. The first kappa shape index (κ1) is 17.0. The Labute approximate surface area is 154 Å². The summed E-state index contributed by atoms with van der Waals surface area (Å²) in [6.45, 7) is 0.992. The molecule has 2 aliphatic rings. The molecule has 0 radical (unpaired) electrons. The van der Waals surface area contributed by atoms with Crippen molar-refractivity contribution in [1.29, 1.82) is 0 Å². The second kappa shape index (κ2) is 7.40.